The van der Waals surface area contributed by atoms with Crippen molar-refractivity contribution in [2.24, 2.45) is 16.7 Å². The zero-order chi connectivity index (χ0) is 8.70. The Labute approximate surface area is 71.4 Å². The monoisotopic (exact) mass is 154 g/mol. The molecule has 0 aromatic carbocycles. The third-order valence-electron chi connectivity index (χ3n) is 3.38. The fraction of sp³-hybridized carbons (Fsp3) is 1.00. The van der Waals surface area contributed by atoms with Gasteiger partial charge < -0.3 is 0 Å². The smallest absolute Gasteiger partial charge is 0.0323 e. The Morgan fingerprint density at radius 1 is 1.27 bits per heavy atom. The maximum Gasteiger partial charge on any atom is -0.0323 e. The summed E-state index contributed by atoms with van der Waals surface area (Å²) in [5.41, 5.74) is 1.23. The number of hydrogen-bond donors (Lipinski definition) is 0. The summed E-state index contributed by atoms with van der Waals surface area (Å²) in [5, 5.41) is 0. The second-order valence-corrected chi connectivity index (χ2v) is 5.78. The fourth-order valence-corrected chi connectivity index (χ4v) is 1.46. The molecule has 0 bridgehead atoms. The Balaban J connectivity index is 2.37. The van der Waals surface area contributed by atoms with E-state index < -0.39 is 0 Å². The van der Waals surface area contributed by atoms with E-state index in [2.05, 4.69) is 34.6 Å². The first kappa shape index (κ1) is 9.09. The summed E-state index contributed by atoms with van der Waals surface area (Å²) in [6, 6.07) is 0. The van der Waals surface area contributed by atoms with Crippen molar-refractivity contribution in [1.29, 1.82) is 0 Å². The quantitative estimate of drug-likeness (QED) is 0.566. The van der Waals surface area contributed by atoms with Crippen molar-refractivity contribution >= 4 is 0 Å². The molecule has 1 aliphatic carbocycles. The van der Waals surface area contributed by atoms with E-state index in [0.29, 0.717) is 5.41 Å². The second-order valence-electron chi connectivity index (χ2n) is 5.78. The maximum absolute atomic E-state index is 2.43. The van der Waals surface area contributed by atoms with E-state index in [1.54, 1.807) is 0 Å². The van der Waals surface area contributed by atoms with Crippen molar-refractivity contribution in [2.45, 2.75) is 53.9 Å². The normalized spacial score (nSPS) is 24.8. The molecule has 1 aliphatic rings. The van der Waals surface area contributed by atoms with E-state index in [-0.39, 0.29) is 0 Å². The molecule has 0 spiro atoms. The molecule has 0 aliphatic heterocycles. The highest BCUT2D eigenvalue weighted by atomic mass is 14.4. The van der Waals surface area contributed by atoms with Crippen LogP contribution in [-0.4, -0.2) is 0 Å². The van der Waals surface area contributed by atoms with Gasteiger partial charge in [0, 0.05) is 0 Å². The third-order valence-corrected chi connectivity index (χ3v) is 3.38. The average Bonchev–Trinajstić information content (AvgIpc) is 2.45. The number of hydrogen-bond acceptors (Lipinski definition) is 0. The molecule has 1 fully saturated rings. The van der Waals surface area contributed by atoms with Crippen LogP contribution in [0.25, 0.3) is 0 Å². The van der Waals surface area contributed by atoms with Crippen molar-refractivity contribution in [2.75, 3.05) is 0 Å². The van der Waals surface area contributed by atoms with Gasteiger partial charge in [0.05, 0.1) is 0 Å². The molecular weight excluding hydrogens is 132 g/mol. The molecule has 1 atom stereocenters. The van der Waals surface area contributed by atoms with E-state index in [0.717, 1.165) is 11.3 Å². The van der Waals surface area contributed by atoms with E-state index in [4.69, 9.17) is 0 Å². The molecule has 0 nitrogen and oxygen atoms in total. The average molecular weight is 154 g/mol. The molecule has 0 heteroatoms. The zero-order valence-electron chi connectivity index (χ0n) is 8.70. The first-order valence-electron chi connectivity index (χ1n) is 4.83. The van der Waals surface area contributed by atoms with Crippen LogP contribution in [0.15, 0.2) is 0 Å². The highest BCUT2D eigenvalue weighted by Crippen LogP contribution is 2.52. The molecule has 0 aromatic rings. The van der Waals surface area contributed by atoms with Gasteiger partial charge in [-0.1, -0.05) is 34.6 Å². The summed E-state index contributed by atoms with van der Waals surface area (Å²) >= 11 is 0. The van der Waals surface area contributed by atoms with Crippen LogP contribution in [0.1, 0.15) is 53.9 Å². The largest absolute Gasteiger partial charge is 0.0620 e. The Morgan fingerprint density at radius 3 is 2.00 bits per heavy atom. The van der Waals surface area contributed by atoms with Crippen LogP contribution in [0.2, 0.25) is 0 Å². The molecule has 0 radical (unpaired) electrons. The van der Waals surface area contributed by atoms with Gasteiger partial charge in [-0.3, -0.25) is 0 Å². The standard InChI is InChI=1S/C11H22/c1-9(10(2,3)4)8-11(5)6-7-11/h9H,6-8H2,1-5H3. The van der Waals surface area contributed by atoms with Crippen molar-refractivity contribution in [3.63, 3.8) is 0 Å². The molecule has 0 saturated heterocycles. The molecule has 11 heavy (non-hydrogen) atoms. The first-order chi connectivity index (χ1) is 4.83. The third kappa shape index (κ3) is 2.50. The van der Waals surface area contributed by atoms with Crippen LogP contribution >= 0.6 is 0 Å². The van der Waals surface area contributed by atoms with Gasteiger partial charge in [0.15, 0.2) is 0 Å². The van der Waals surface area contributed by atoms with Crippen LogP contribution in [0.3, 0.4) is 0 Å². The molecule has 0 aromatic heterocycles. The minimum Gasteiger partial charge on any atom is -0.0620 e. The highest BCUT2D eigenvalue weighted by molar-refractivity contribution is 4.91. The van der Waals surface area contributed by atoms with Gasteiger partial charge in [-0.25, -0.2) is 0 Å². The van der Waals surface area contributed by atoms with Gasteiger partial charge >= 0.3 is 0 Å². The maximum atomic E-state index is 2.43. The SMILES string of the molecule is CC(CC1(C)CC1)C(C)(C)C. The molecule has 66 valence electrons. The van der Waals surface area contributed by atoms with Crippen molar-refractivity contribution in [1.82, 2.24) is 0 Å². The van der Waals surface area contributed by atoms with E-state index in [9.17, 15) is 0 Å². The van der Waals surface area contributed by atoms with Crippen LogP contribution in [0.5, 0.6) is 0 Å². The lowest BCUT2D eigenvalue weighted by molar-refractivity contribution is 0.212. The lowest BCUT2D eigenvalue weighted by Gasteiger charge is -2.29. The van der Waals surface area contributed by atoms with Crippen molar-refractivity contribution in [3.8, 4) is 0 Å². The van der Waals surface area contributed by atoms with Gasteiger partial charge in [-0.2, -0.15) is 0 Å². The van der Waals surface area contributed by atoms with Crippen LogP contribution in [0.4, 0.5) is 0 Å². The Hall–Kier alpha value is 0. The van der Waals surface area contributed by atoms with Crippen molar-refractivity contribution in [3.05, 3.63) is 0 Å². The van der Waals surface area contributed by atoms with Crippen molar-refractivity contribution < 1.29 is 0 Å². The summed E-state index contributed by atoms with van der Waals surface area (Å²) in [6.45, 7) is 11.9. The van der Waals surface area contributed by atoms with Crippen LogP contribution in [-0.2, 0) is 0 Å². The van der Waals surface area contributed by atoms with Crippen LogP contribution < -0.4 is 0 Å². The molecule has 0 heterocycles. The van der Waals surface area contributed by atoms with E-state index >= 15 is 0 Å². The van der Waals surface area contributed by atoms with Crippen LogP contribution in [0, 0.1) is 16.7 Å². The lowest BCUT2D eigenvalue weighted by Crippen LogP contribution is -2.19. The van der Waals surface area contributed by atoms with E-state index in [1.807, 2.05) is 0 Å². The van der Waals surface area contributed by atoms with Gasteiger partial charge in [0.2, 0.25) is 0 Å². The molecule has 1 unspecified atom stereocenters. The topological polar surface area (TPSA) is 0 Å². The molecule has 0 N–H and O–H groups in total. The first-order valence-corrected chi connectivity index (χ1v) is 4.83. The zero-order valence-corrected chi connectivity index (χ0v) is 8.70. The minimum absolute atomic E-state index is 0.506. The molecule has 0 amide bonds. The summed E-state index contributed by atoms with van der Waals surface area (Å²) < 4.78 is 0. The van der Waals surface area contributed by atoms with Gasteiger partial charge in [0.25, 0.3) is 0 Å². The Kier molecular flexibility index (Phi) is 2.07. The van der Waals surface area contributed by atoms with Gasteiger partial charge in [-0.15, -0.1) is 0 Å². The predicted octanol–water partition coefficient (Wildman–Crippen LogP) is 3.86. The predicted molar refractivity (Wildman–Crippen MR) is 50.6 cm³/mol. The Morgan fingerprint density at radius 2 is 1.73 bits per heavy atom. The number of rotatable bonds is 2. The summed E-state index contributed by atoms with van der Waals surface area (Å²) in [6.07, 6.45) is 4.36. The molecule has 1 saturated carbocycles. The highest BCUT2D eigenvalue weighted by Gasteiger charge is 2.40. The minimum atomic E-state index is 0.506. The summed E-state index contributed by atoms with van der Waals surface area (Å²) in [5.74, 6) is 0.870. The van der Waals surface area contributed by atoms with Gasteiger partial charge in [0.1, 0.15) is 0 Å². The lowest BCUT2D eigenvalue weighted by atomic mass is 9.76. The second kappa shape index (κ2) is 2.50. The fourth-order valence-electron chi connectivity index (χ4n) is 1.46. The Bertz CT molecular complexity index is 135. The van der Waals surface area contributed by atoms with Gasteiger partial charge in [-0.05, 0) is 36.0 Å². The van der Waals surface area contributed by atoms with E-state index in [1.165, 1.54) is 19.3 Å². The molecular formula is C11H22. The summed E-state index contributed by atoms with van der Waals surface area (Å²) in [4.78, 5) is 0. The summed E-state index contributed by atoms with van der Waals surface area (Å²) in [7, 11) is 0. The molecule has 1 rings (SSSR count).